The smallest absolute Gasteiger partial charge is 0.253 e. The number of carbonyl (C=O) groups excluding carboxylic acids is 1. The third-order valence-corrected chi connectivity index (χ3v) is 7.95. The van der Waals surface area contributed by atoms with Crippen molar-refractivity contribution < 1.29 is 22.3 Å². The van der Waals surface area contributed by atoms with Gasteiger partial charge in [0.2, 0.25) is 10.0 Å². The van der Waals surface area contributed by atoms with Gasteiger partial charge in [-0.1, -0.05) is 30.3 Å². The number of para-hydroxylation sites is 1. The van der Waals surface area contributed by atoms with Gasteiger partial charge in [0, 0.05) is 50.9 Å². The predicted octanol–water partition coefficient (Wildman–Crippen LogP) is 3.62. The molecule has 1 amide bonds. The molecular formula is C26H28FN3O4S. The Labute approximate surface area is 205 Å². The molecule has 1 heterocycles. The molecule has 0 N–H and O–H groups in total. The van der Waals surface area contributed by atoms with Crippen LogP contribution in [0, 0.1) is 5.82 Å². The average Bonchev–Trinajstić information content (AvgIpc) is 2.89. The molecule has 3 aromatic rings. The number of hydrogen-bond donors (Lipinski definition) is 0. The second kappa shape index (κ2) is 10.5. The van der Waals surface area contributed by atoms with Crippen molar-refractivity contribution in [2.45, 2.75) is 11.4 Å². The van der Waals surface area contributed by atoms with E-state index in [0.29, 0.717) is 48.7 Å². The van der Waals surface area contributed by atoms with Crippen LogP contribution < -0.4 is 9.64 Å². The lowest BCUT2D eigenvalue weighted by Crippen LogP contribution is -2.49. The first-order valence-electron chi connectivity index (χ1n) is 11.3. The fourth-order valence-corrected chi connectivity index (χ4v) is 5.34. The number of halogens is 1. The summed E-state index contributed by atoms with van der Waals surface area (Å²) in [6.45, 7) is 2.00. The van der Waals surface area contributed by atoms with Crippen LogP contribution >= 0.6 is 0 Å². The number of hydrogen-bond acceptors (Lipinski definition) is 5. The van der Waals surface area contributed by atoms with Crippen LogP contribution in [0.3, 0.4) is 0 Å². The van der Waals surface area contributed by atoms with Crippen LogP contribution in [0.2, 0.25) is 0 Å². The van der Waals surface area contributed by atoms with E-state index in [0.717, 1.165) is 0 Å². The third-order valence-electron chi connectivity index (χ3n) is 6.13. The molecular weight excluding hydrogens is 469 g/mol. The van der Waals surface area contributed by atoms with Crippen LogP contribution in [0.5, 0.6) is 5.75 Å². The van der Waals surface area contributed by atoms with E-state index < -0.39 is 10.0 Å². The molecule has 0 atom stereocenters. The fourth-order valence-electron chi connectivity index (χ4n) is 4.17. The molecule has 7 nitrogen and oxygen atoms in total. The number of nitrogens with zero attached hydrogens (tertiary/aromatic N) is 3. The molecule has 1 aliphatic heterocycles. The molecule has 3 aromatic carbocycles. The van der Waals surface area contributed by atoms with Gasteiger partial charge in [0.25, 0.3) is 5.91 Å². The molecule has 1 aliphatic rings. The minimum Gasteiger partial charge on any atom is -0.496 e. The summed E-state index contributed by atoms with van der Waals surface area (Å²) in [6.07, 6.45) is 0. The summed E-state index contributed by atoms with van der Waals surface area (Å²) < 4.78 is 46.7. The second-order valence-electron chi connectivity index (χ2n) is 8.33. The largest absolute Gasteiger partial charge is 0.496 e. The minimum absolute atomic E-state index is 0.0442. The van der Waals surface area contributed by atoms with Crippen molar-refractivity contribution in [2.24, 2.45) is 0 Å². The van der Waals surface area contributed by atoms with E-state index in [1.54, 1.807) is 71.6 Å². The normalized spacial score (nSPS) is 14.3. The number of ether oxygens (including phenoxy) is 1. The molecule has 0 unspecified atom stereocenters. The van der Waals surface area contributed by atoms with Crippen LogP contribution in [0.25, 0.3) is 0 Å². The van der Waals surface area contributed by atoms with E-state index >= 15 is 0 Å². The zero-order chi connectivity index (χ0) is 25.0. The number of rotatable bonds is 7. The van der Waals surface area contributed by atoms with Gasteiger partial charge in [-0.25, -0.2) is 12.8 Å². The van der Waals surface area contributed by atoms with Crippen molar-refractivity contribution in [1.82, 2.24) is 9.21 Å². The number of benzene rings is 3. The standard InChI is InChI=1S/C26H28FN3O4S/c1-28(35(32,33)22-8-4-3-5-9-22)19-21-18-20(12-13-25(21)34-2)26(31)30-16-14-29(15-17-30)24-11-7-6-10-23(24)27/h3-13,18H,14-17,19H2,1-2H3. The van der Waals surface area contributed by atoms with Crippen molar-refractivity contribution in [3.63, 3.8) is 0 Å². The summed E-state index contributed by atoms with van der Waals surface area (Å²) in [7, 11) is -0.699. The maximum Gasteiger partial charge on any atom is 0.253 e. The van der Waals surface area contributed by atoms with Crippen molar-refractivity contribution in [1.29, 1.82) is 0 Å². The van der Waals surface area contributed by atoms with Gasteiger partial charge in [-0.05, 0) is 42.5 Å². The van der Waals surface area contributed by atoms with E-state index in [9.17, 15) is 17.6 Å². The topological polar surface area (TPSA) is 70.2 Å². The van der Waals surface area contributed by atoms with E-state index in [1.807, 2.05) is 4.90 Å². The van der Waals surface area contributed by atoms with E-state index in [4.69, 9.17) is 4.74 Å². The molecule has 4 rings (SSSR count). The van der Waals surface area contributed by atoms with Crippen molar-refractivity contribution >= 4 is 21.6 Å². The third kappa shape index (κ3) is 5.31. The number of carbonyl (C=O) groups is 1. The minimum atomic E-state index is -3.71. The van der Waals surface area contributed by atoms with Crippen LogP contribution in [-0.2, 0) is 16.6 Å². The van der Waals surface area contributed by atoms with Gasteiger partial charge in [0.1, 0.15) is 11.6 Å². The Bertz CT molecular complexity index is 1290. The first-order chi connectivity index (χ1) is 16.8. The van der Waals surface area contributed by atoms with Gasteiger partial charge in [-0.2, -0.15) is 4.31 Å². The highest BCUT2D eigenvalue weighted by Crippen LogP contribution is 2.26. The zero-order valence-electron chi connectivity index (χ0n) is 19.7. The quantitative estimate of drug-likeness (QED) is 0.499. The van der Waals surface area contributed by atoms with Crippen LogP contribution in [0.4, 0.5) is 10.1 Å². The Morgan fingerprint density at radius 3 is 2.29 bits per heavy atom. The number of piperazine rings is 1. The van der Waals surface area contributed by atoms with Crippen LogP contribution in [-0.4, -0.2) is 63.9 Å². The lowest BCUT2D eigenvalue weighted by Gasteiger charge is -2.36. The van der Waals surface area contributed by atoms with E-state index in [1.165, 1.54) is 24.5 Å². The van der Waals surface area contributed by atoms with Gasteiger partial charge in [-0.15, -0.1) is 0 Å². The maximum absolute atomic E-state index is 14.1. The first-order valence-corrected chi connectivity index (χ1v) is 12.7. The summed E-state index contributed by atoms with van der Waals surface area (Å²) in [4.78, 5) is 17.1. The molecule has 1 fully saturated rings. The molecule has 0 bridgehead atoms. The second-order valence-corrected chi connectivity index (χ2v) is 10.4. The highest BCUT2D eigenvalue weighted by Gasteiger charge is 2.26. The molecule has 35 heavy (non-hydrogen) atoms. The molecule has 0 spiro atoms. The van der Waals surface area contributed by atoms with Gasteiger partial charge in [0.05, 0.1) is 17.7 Å². The lowest BCUT2D eigenvalue weighted by atomic mass is 10.1. The monoisotopic (exact) mass is 497 g/mol. The average molecular weight is 498 g/mol. The Balaban J connectivity index is 1.48. The highest BCUT2D eigenvalue weighted by atomic mass is 32.2. The van der Waals surface area contributed by atoms with Gasteiger partial charge >= 0.3 is 0 Å². The Kier molecular flexibility index (Phi) is 7.37. The van der Waals surface area contributed by atoms with Gasteiger partial charge in [-0.3, -0.25) is 4.79 Å². The molecule has 0 aromatic heterocycles. The molecule has 184 valence electrons. The SMILES string of the molecule is COc1ccc(C(=O)N2CCN(c3ccccc3F)CC2)cc1CN(C)S(=O)(=O)c1ccccc1. The fraction of sp³-hybridized carbons (Fsp3) is 0.269. The van der Waals surface area contributed by atoms with Crippen LogP contribution in [0.15, 0.2) is 77.7 Å². The number of amides is 1. The summed E-state index contributed by atoms with van der Waals surface area (Å²) >= 11 is 0. The van der Waals surface area contributed by atoms with Gasteiger partial charge < -0.3 is 14.5 Å². The molecule has 9 heteroatoms. The zero-order valence-corrected chi connectivity index (χ0v) is 20.5. The number of methoxy groups -OCH3 is 1. The van der Waals surface area contributed by atoms with Crippen molar-refractivity contribution in [3.05, 3.63) is 89.7 Å². The number of anilines is 1. The van der Waals surface area contributed by atoms with Crippen molar-refractivity contribution in [2.75, 3.05) is 45.2 Å². The lowest BCUT2D eigenvalue weighted by molar-refractivity contribution is 0.0746. The summed E-state index contributed by atoms with van der Waals surface area (Å²) in [5.41, 5.74) is 1.57. The van der Waals surface area contributed by atoms with Crippen molar-refractivity contribution in [3.8, 4) is 5.75 Å². The Morgan fingerprint density at radius 1 is 0.971 bits per heavy atom. The van der Waals surface area contributed by atoms with Gasteiger partial charge in [0.15, 0.2) is 0 Å². The summed E-state index contributed by atoms with van der Waals surface area (Å²) in [5, 5.41) is 0. The van der Waals surface area contributed by atoms with E-state index in [2.05, 4.69) is 0 Å². The molecule has 0 radical (unpaired) electrons. The van der Waals surface area contributed by atoms with E-state index in [-0.39, 0.29) is 23.2 Å². The predicted molar refractivity (Wildman–Crippen MR) is 133 cm³/mol. The Morgan fingerprint density at radius 2 is 1.63 bits per heavy atom. The number of sulfonamides is 1. The molecule has 1 saturated heterocycles. The molecule has 0 saturated carbocycles. The Hall–Kier alpha value is -3.43. The van der Waals surface area contributed by atoms with Crippen LogP contribution in [0.1, 0.15) is 15.9 Å². The maximum atomic E-state index is 14.1. The molecule has 0 aliphatic carbocycles. The first kappa shape index (κ1) is 24.7. The summed E-state index contributed by atoms with van der Waals surface area (Å²) in [5.74, 6) is 0.0679. The summed E-state index contributed by atoms with van der Waals surface area (Å²) in [6, 6.07) is 19.9. The highest BCUT2D eigenvalue weighted by molar-refractivity contribution is 7.89.